The van der Waals surface area contributed by atoms with Crippen molar-refractivity contribution in [2.24, 2.45) is 0 Å². The smallest absolute Gasteiger partial charge is 0.336 e. The van der Waals surface area contributed by atoms with Gasteiger partial charge in [-0.15, -0.1) is 0 Å². The zero-order valence-corrected chi connectivity index (χ0v) is 12.3. The molecule has 10 heteroatoms. The Kier molecular flexibility index (Phi) is 4.42. The van der Waals surface area contributed by atoms with Crippen LogP contribution in [0.4, 0.5) is 5.69 Å². The first kappa shape index (κ1) is 16.4. The third kappa shape index (κ3) is 3.92. The Morgan fingerprint density at radius 1 is 1.25 bits per heavy atom. The van der Waals surface area contributed by atoms with E-state index < -0.39 is 31.2 Å². The highest BCUT2D eigenvalue weighted by atomic mass is 32.3. The second-order valence-electron chi connectivity index (χ2n) is 4.08. The fourth-order valence-corrected chi connectivity index (χ4v) is 4.04. The maximum atomic E-state index is 11.8. The molecule has 0 aliphatic rings. The van der Waals surface area contributed by atoms with Crippen LogP contribution in [0.15, 0.2) is 18.2 Å². The SMILES string of the molecule is Cc1ccc(N(C)S(=O)(=O)CS(=O)(=O)O)cc1C(=O)O. The lowest BCUT2D eigenvalue weighted by molar-refractivity contribution is 0.0696. The van der Waals surface area contributed by atoms with Gasteiger partial charge in [-0.1, -0.05) is 6.07 Å². The first-order chi connectivity index (χ1) is 8.94. The van der Waals surface area contributed by atoms with Crippen LogP contribution in [0.5, 0.6) is 0 Å². The van der Waals surface area contributed by atoms with Crippen LogP contribution in [-0.2, 0) is 20.1 Å². The van der Waals surface area contributed by atoms with E-state index in [1.54, 1.807) is 6.92 Å². The molecule has 112 valence electrons. The van der Waals surface area contributed by atoms with Crippen molar-refractivity contribution in [1.29, 1.82) is 0 Å². The van der Waals surface area contributed by atoms with Crippen molar-refractivity contribution in [3.05, 3.63) is 29.3 Å². The van der Waals surface area contributed by atoms with Gasteiger partial charge in [0.1, 0.15) is 0 Å². The summed E-state index contributed by atoms with van der Waals surface area (Å²) in [6.07, 6.45) is 0. The van der Waals surface area contributed by atoms with Gasteiger partial charge in [0.15, 0.2) is 5.08 Å². The monoisotopic (exact) mass is 323 g/mol. The molecule has 20 heavy (non-hydrogen) atoms. The van der Waals surface area contributed by atoms with E-state index in [1.807, 2.05) is 0 Å². The van der Waals surface area contributed by atoms with Crippen molar-refractivity contribution in [3.8, 4) is 0 Å². The molecule has 0 spiro atoms. The van der Waals surface area contributed by atoms with Crippen molar-refractivity contribution in [3.63, 3.8) is 0 Å². The Labute approximate surface area is 116 Å². The van der Waals surface area contributed by atoms with Crippen LogP contribution in [0.3, 0.4) is 0 Å². The van der Waals surface area contributed by atoms with Gasteiger partial charge in [-0.25, -0.2) is 13.2 Å². The summed E-state index contributed by atoms with van der Waals surface area (Å²) in [5.74, 6) is -1.23. The van der Waals surface area contributed by atoms with Gasteiger partial charge in [0.05, 0.1) is 11.3 Å². The lowest BCUT2D eigenvalue weighted by Crippen LogP contribution is -2.32. The minimum absolute atomic E-state index is 0.0170. The molecule has 1 rings (SSSR count). The number of aryl methyl sites for hydroxylation is 1. The predicted octanol–water partition coefficient (Wildman–Crippen LogP) is 0.305. The van der Waals surface area contributed by atoms with Gasteiger partial charge in [0.2, 0.25) is 0 Å². The number of aromatic carboxylic acids is 1. The average molecular weight is 323 g/mol. The number of carboxylic acids is 1. The Morgan fingerprint density at radius 2 is 1.80 bits per heavy atom. The number of carbonyl (C=O) groups is 1. The molecule has 0 aliphatic carbocycles. The van der Waals surface area contributed by atoms with Crippen LogP contribution in [-0.4, -0.2) is 44.6 Å². The molecule has 0 heterocycles. The van der Waals surface area contributed by atoms with E-state index in [2.05, 4.69) is 0 Å². The predicted molar refractivity (Wildman–Crippen MR) is 71.9 cm³/mol. The fourth-order valence-electron chi connectivity index (χ4n) is 1.46. The molecule has 0 aliphatic heterocycles. The Hall–Kier alpha value is -1.65. The van der Waals surface area contributed by atoms with Crippen molar-refractivity contribution in [2.75, 3.05) is 16.4 Å². The van der Waals surface area contributed by atoms with E-state index in [0.717, 1.165) is 13.1 Å². The maximum Gasteiger partial charge on any atom is 0.336 e. The molecule has 8 nitrogen and oxygen atoms in total. The molecule has 0 atom stereocenters. The highest BCUT2D eigenvalue weighted by Gasteiger charge is 2.26. The van der Waals surface area contributed by atoms with Crippen LogP contribution >= 0.6 is 0 Å². The molecule has 0 bridgehead atoms. The van der Waals surface area contributed by atoms with E-state index >= 15 is 0 Å². The molecule has 2 N–H and O–H groups in total. The van der Waals surface area contributed by atoms with Crippen molar-refractivity contribution < 1.29 is 31.3 Å². The van der Waals surface area contributed by atoms with E-state index in [1.165, 1.54) is 12.1 Å². The minimum atomic E-state index is -4.72. The average Bonchev–Trinajstić information content (AvgIpc) is 2.25. The maximum absolute atomic E-state index is 11.8. The third-order valence-electron chi connectivity index (χ3n) is 2.53. The zero-order valence-electron chi connectivity index (χ0n) is 10.6. The quantitative estimate of drug-likeness (QED) is 0.746. The van der Waals surface area contributed by atoms with E-state index in [4.69, 9.17) is 9.66 Å². The summed E-state index contributed by atoms with van der Waals surface area (Å²) < 4.78 is 54.1. The van der Waals surface area contributed by atoms with Gasteiger partial charge in [0.25, 0.3) is 20.1 Å². The summed E-state index contributed by atoms with van der Waals surface area (Å²) >= 11 is 0. The number of sulfonamides is 1. The first-order valence-electron chi connectivity index (χ1n) is 5.20. The van der Waals surface area contributed by atoms with Gasteiger partial charge in [0, 0.05) is 7.05 Å². The number of rotatable bonds is 5. The summed E-state index contributed by atoms with van der Waals surface area (Å²) in [6, 6.07) is 3.85. The molecular formula is C10H13NO7S2. The van der Waals surface area contributed by atoms with Gasteiger partial charge >= 0.3 is 5.97 Å². The van der Waals surface area contributed by atoms with Crippen LogP contribution in [0.25, 0.3) is 0 Å². The minimum Gasteiger partial charge on any atom is -0.478 e. The summed E-state index contributed by atoms with van der Waals surface area (Å²) in [6.45, 7) is 1.54. The molecule has 1 aromatic carbocycles. The highest BCUT2D eigenvalue weighted by molar-refractivity contribution is 8.06. The first-order valence-corrected chi connectivity index (χ1v) is 8.41. The van der Waals surface area contributed by atoms with Crippen LogP contribution in [0, 0.1) is 6.92 Å². The third-order valence-corrected chi connectivity index (χ3v) is 5.96. The van der Waals surface area contributed by atoms with E-state index in [0.29, 0.717) is 9.87 Å². The number of hydrogen-bond donors (Lipinski definition) is 2. The Bertz CT molecular complexity index is 737. The van der Waals surface area contributed by atoms with Crippen LogP contribution in [0.1, 0.15) is 15.9 Å². The number of hydrogen-bond acceptors (Lipinski definition) is 5. The summed E-state index contributed by atoms with van der Waals surface area (Å²) in [5.41, 5.74) is 0.315. The summed E-state index contributed by atoms with van der Waals surface area (Å²) in [7, 11) is -7.97. The molecule has 0 saturated heterocycles. The molecule has 0 saturated carbocycles. The molecule has 1 aromatic rings. The number of nitrogens with zero attached hydrogens (tertiary/aromatic N) is 1. The number of anilines is 1. The highest BCUT2D eigenvalue weighted by Crippen LogP contribution is 2.21. The molecule has 0 radical (unpaired) electrons. The van der Waals surface area contributed by atoms with Crippen molar-refractivity contribution >= 4 is 31.8 Å². The largest absolute Gasteiger partial charge is 0.478 e. The second-order valence-corrected chi connectivity index (χ2v) is 7.90. The molecule has 0 aromatic heterocycles. The lowest BCUT2D eigenvalue weighted by atomic mass is 10.1. The Balaban J connectivity index is 3.25. The fraction of sp³-hybridized carbons (Fsp3) is 0.300. The molecule has 0 unspecified atom stereocenters. The van der Waals surface area contributed by atoms with Gasteiger partial charge in [-0.3, -0.25) is 8.86 Å². The Morgan fingerprint density at radius 3 is 2.25 bits per heavy atom. The van der Waals surface area contributed by atoms with Crippen molar-refractivity contribution in [1.82, 2.24) is 0 Å². The van der Waals surface area contributed by atoms with Crippen LogP contribution in [0.2, 0.25) is 0 Å². The van der Waals surface area contributed by atoms with Gasteiger partial charge in [-0.2, -0.15) is 8.42 Å². The normalized spacial score (nSPS) is 12.2. The van der Waals surface area contributed by atoms with Gasteiger partial charge < -0.3 is 5.11 Å². The summed E-state index contributed by atoms with van der Waals surface area (Å²) in [5, 5.41) is 7.48. The standard InChI is InChI=1S/C10H13NO7S2/c1-7-3-4-8(5-9(7)10(12)13)11(2)19(14,15)6-20(16,17)18/h3-5H,6H2,1-2H3,(H,12,13)(H,16,17,18). The number of carboxylic acid groups (broad SMARTS) is 1. The lowest BCUT2D eigenvalue weighted by Gasteiger charge is -2.19. The van der Waals surface area contributed by atoms with Crippen molar-refractivity contribution in [2.45, 2.75) is 6.92 Å². The molecule has 0 fully saturated rings. The zero-order chi connectivity index (χ0) is 15.7. The van der Waals surface area contributed by atoms with Crippen LogP contribution < -0.4 is 4.31 Å². The van der Waals surface area contributed by atoms with E-state index in [-0.39, 0.29) is 11.3 Å². The van der Waals surface area contributed by atoms with Gasteiger partial charge in [-0.05, 0) is 24.6 Å². The summed E-state index contributed by atoms with van der Waals surface area (Å²) in [4.78, 5) is 11.0. The molecule has 0 amide bonds. The molecular weight excluding hydrogens is 310 g/mol. The second kappa shape index (κ2) is 5.38. The topological polar surface area (TPSA) is 129 Å². The number of benzene rings is 1. The van der Waals surface area contributed by atoms with E-state index in [9.17, 15) is 21.6 Å².